The van der Waals surface area contributed by atoms with Crippen molar-refractivity contribution in [1.82, 2.24) is 20.4 Å². The molecule has 0 unspecified atom stereocenters. The third-order valence-corrected chi connectivity index (χ3v) is 3.01. The van der Waals surface area contributed by atoms with Crippen LogP contribution in [-0.4, -0.2) is 35.9 Å². The quantitative estimate of drug-likeness (QED) is 0.427. The van der Waals surface area contributed by atoms with Crippen LogP contribution in [0.5, 0.6) is 0 Å². The van der Waals surface area contributed by atoms with Crippen molar-refractivity contribution in [2.45, 2.75) is 39.0 Å². The minimum atomic E-state index is 0.875. The van der Waals surface area contributed by atoms with Gasteiger partial charge in [-0.2, -0.15) is 5.10 Å². The van der Waals surface area contributed by atoms with Crippen molar-refractivity contribution in [2.24, 2.45) is 12.0 Å². The summed E-state index contributed by atoms with van der Waals surface area (Å²) in [5, 5.41) is 10.8. The predicted octanol–water partition coefficient (Wildman–Crippen LogP) is 1.71. The van der Waals surface area contributed by atoms with Crippen molar-refractivity contribution in [2.75, 3.05) is 20.1 Å². The second-order valence-corrected chi connectivity index (χ2v) is 4.76. The molecule has 0 radical (unpaired) electrons. The normalized spacial score (nSPS) is 11.6. The molecule has 0 saturated heterocycles. The minimum absolute atomic E-state index is 0.875. The maximum absolute atomic E-state index is 4.22. The summed E-state index contributed by atoms with van der Waals surface area (Å²) < 4.78 is 1.83. The van der Waals surface area contributed by atoms with Crippen LogP contribution < -0.4 is 10.6 Å². The maximum atomic E-state index is 4.22. The Morgan fingerprint density at radius 3 is 2.68 bits per heavy atom. The molecule has 0 aliphatic rings. The van der Waals surface area contributed by atoms with Gasteiger partial charge >= 0.3 is 0 Å². The Balaban J connectivity index is 2.11. The van der Waals surface area contributed by atoms with E-state index in [1.165, 1.54) is 31.2 Å². The Morgan fingerprint density at radius 2 is 2.05 bits per heavy atom. The summed E-state index contributed by atoms with van der Waals surface area (Å²) in [5.74, 6) is 0.889. The lowest BCUT2D eigenvalue weighted by atomic mass is 10.2. The average Bonchev–Trinajstić information content (AvgIpc) is 2.82. The minimum Gasteiger partial charge on any atom is -0.356 e. The van der Waals surface area contributed by atoms with Crippen LogP contribution in [0.1, 0.15) is 38.2 Å². The Labute approximate surface area is 116 Å². The van der Waals surface area contributed by atoms with Gasteiger partial charge in [-0.05, 0) is 18.4 Å². The second-order valence-electron chi connectivity index (χ2n) is 4.76. The summed E-state index contributed by atoms with van der Waals surface area (Å²) in [5.41, 5.74) is 1.24. The zero-order valence-corrected chi connectivity index (χ0v) is 12.4. The van der Waals surface area contributed by atoms with Gasteiger partial charge in [0.2, 0.25) is 0 Å². The van der Waals surface area contributed by atoms with Crippen molar-refractivity contribution < 1.29 is 0 Å². The summed E-state index contributed by atoms with van der Waals surface area (Å²) >= 11 is 0. The van der Waals surface area contributed by atoms with Crippen LogP contribution in [0.2, 0.25) is 0 Å². The molecule has 1 heterocycles. The van der Waals surface area contributed by atoms with Gasteiger partial charge in [0.25, 0.3) is 0 Å². The van der Waals surface area contributed by atoms with Gasteiger partial charge in [0, 0.05) is 33.4 Å². The van der Waals surface area contributed by atoms with Crippen molar-refractivity contribution in [3.05, 3.63) is 18.0 Å². The van der Waals surface area contributed by atoms with Gasteiger partial charge in [-0.3, -0.25) is 9.67 Å². The summed E-state index contributed by atoms with van der Waals surface area (Å²) in [6.07, 6.45) is 10.00. The first-order valence-corrected chi connectivity index (χ1v) is 7.18. The van der Waals surface area contributed by atoms with E-state index < -0.39 is 0 Å². The number of hydrogen-bond acceptors (Lipinski definition) is 2. The molecule has 5 nitrogen and oxygen atoms in total. The highest BCUT2D eigenvalue weighted by atomic mass is 15.2. The first kappa shape index (κ1) is 15.5. The lowest BCUT2D eigenvalue weighted by Crippen LogP contribution is -2.38. The molecule has 1 aromatic rings. The van der Waals surface area contributed by atoms with Crippen LogP contribution >= 0.6 is 0 Å². The molecule has 19 heavy (non-hydrogen) atoms. The number of aliphatic imine (C=N–C) groups is 1. The number of rotatable bonds is 8. The molecule has 0 bridgehead atoms. The van der Waals surface area contributed by atoms with Crippen LogP contribution in [0, 0.1) is 0 Å². The Bertz CT molecular complexity index is 370. The fourth-order valence-corrected chi connectivity index (χ4v) is 1.91. The fraction of sp³-hybridized carbons (Fsp3) is 0.714. The van der Waals surface area contributed by atoms with Crippen LogP contribution in [0.25, 0.3) is 0 Å². The van der Waals surface area contributed by atoms with E-state index in [2.05, 4.69) is 27.6 Å². The number of nitrogens with one attached hydrogen (secondary N) is 2. The zero-order valence-electron chi connectivity index (χ0n) is 12.4. The molecule has 0 spiro atoms. The smallest absolute Gasteiger partial charge is 0.190 e. The van der Waals surface area contributed by atoms with E-state index >= 15 is 0 Å². The summed E-state index contributed by atoms with van der Waals surface area (Å²) in [6, 6.07) is 0. The number of aryl methyl sites for hydroxylation is 1. The molecule has 108 valence electrons. The maximum Gasteiger partial charge on any atom is 0.190 e. The molecule has 2 N–H and O–H groups in total. The lowest BCUT2D eigenvalue weighted by Gasteiger charge is -2.11. The van der Waals surface area contributed by atoms with Crippen molar-refractivity contribution in [3.8, 4) is 0 Å². The average molecular weight is 265 g/mol. The van der Waals surface area contributed by atoms with Crippen LogP contribution in [0.15, 0.2) is 17.4 Å². The number of hydrogen-bond donors (Lipinski definition) is 2. The molecule has 0 atom stereocenters. The molecule has 0 aromatic carbocycles. The van der Waals surface area contributed by atoms with Crippen molar-refractivity contribution in [3.63, 3.8) is 0 Å². The predicted molar refractivity (Wildman–Crippen MR) is 80.4 cm³/mol. The number of guanidine groups is 1. The molecule has 1 aromatic heterocycles. The number of aromatic nitrogens is 2. The van der Waals surface area contributed by atoms with Gasteiger partial charge in [-0.25, -0.2) is 0 Å². The molecule has 0 amide bonds. The highest BCUT2D eigenvalue weighted by molar-refractivity contribution is 5.79. The van der Waals surface area contributed by atoms with Crippen LogP contribution in [0.3, 0.4) is 0 Å². The zero-order chi connectivity index (χ0) is 13.9. The standard InChI is InChI=1S/C14H27N5/c1-4-5-6-7-9-16-14(15-2)17-10-8-13-11-18-19(3)12-13/h11-12H,4-10H2,1-3H3,(H2,15,16,17). The molecule has 0 fully saturated rings. The molecular formula is C14H27N5. The van der Waals surface area contributed by atoms with E-state index in [-0.39, 0.29) is 0 Å². The van der Waals surface area contributed by atoms with E-state index in [0.29, 0.717) is 0 Å². The van der Waals surface area contributed by atoms with Gasteiger partial charge in [-0.15, -0.1) is 0 Å². The van der Waals surface area contributed by atoms with Crippen LogP contribution in [-0.2, 0) is 13.5 Å². The lowest BCUT2D eigenvalue weighted by molar-refractivity contribution is 0.647. The van der Waals surface area contributed by atoms with Gasteiger partial charge in [-0.1, -0.05) is 26.2 Å². The first-order chi connectivity index (χ1) is 9.26. The van der Waals surface area contributed by atoms with Gasteiger partial charge in [0.05, 0.1) is 6.20 Å². The Kier molecular flexibility index (Phi) is 7.70. The topological polar surface area (TPSA) is 54.2 Å². The monoisotopic (exact) mass is 265 g/mol. The van der Waals surface area contributed by atoms with Crippen molar-refractivity contribution >= 4 is 5.96 Å². The SMILES string of the molecule is CCCCCCNC(=NC)NCCc1cnn(C)c1. The van der Waals surface area contributed by atoms with E-state index in [4.69, 9.17) is 0 Å². The third-order valence-electron chi connectivity index (χ3n) is 3.01. The molecule has 0 aliphatic heterocycles. The summed E-state index contributed by atoms with van der Waals surface area (Å²) in [4.78, 5) is 4.22. The molecule has 5 heteroatoms. The third kappa shape index (κ3) is 6.84. The van der Waals surface area contributed by atoms with Crippen LogP contribution in [0.4, 0.5) is 0 Å². The van der Waals surface area contributed by atoms with Gasteiger partial charge in [0.1, 0.15) is 0 Å². The van der Waals surface area contributed by atoms with E-state index in [1.807, 2.05) is 31.2 Å². The largest absolute Gasteiger partial charge is 0.356 e. The highest BCUT2D eigenvalue weighted by Crippen LogP contribution is 1.97. The molecule has 0 saturated carbocycles. The van der Waals surface area contributed by atoms with E-state index in [0.717, 1.165) is 25.5 Å². The fourth-order valence-electron chi connectivity index (χ4n) is 1.91. The van der Waals surface area contributed by atoms with E-state index in [1.54, 1.807) is 0 Å². The van der Waals surface area contributed by atoms with Crippen molar-refractivity contribution in [1.29, 1.82) is 0 Å². The number of nitrogens with zero attached hydrogens (tertiary/aromatic N) is 3. The highest BCUT2D eigenvalue weighted by Gasteiger charge is 1.99. The Hall–Kier alpha value is -1.52. The van der Waals surface area contributed by atoms with Gasteiger partial charge in [0.15, 0.2) is 5.96 Å². The molecular weight excluding hydrogens is 238 g/mol. The van der Waals surface area contributed by atoms with E-state index in [9.17, 15) is 0 Å². The molecule has 0 aliphatic carbocycles. The summed E-state index contributed by atoms with van der Waals surface area (Å²) in [6.45, 7) is 4.10. The summed E-state index contributed by atoms with van der Waals surface area (Å²) in [7, 11) is 3.75. The number of unbranched alkanes of at least 4 members (excludes halogenated alkanes) is 3. The first-order valence-electron chi connectivity index (χ1n) is 7.18. The van der Waals surface area contributed by atoms with Gasteiger partial charge < -0.3 is 10.6 Å². The molecule has 1 rings (SSSR count). The second kappa shape index (κ2) is 9.42. The Morgan fingerprint density at radius 1 is 1.26 bits per heavy atom.